The smallest absolute Gasteiger partial charge is 0.410 e. The van der Waals surface area contributed by atoms with Gasteiger partial charge in [-0.2, -0.15) is 0 Å². The van der Waals surface area contributed by atoms with E-state index in [0.717, 1.165) is 25.3 Å². The van der Waals surface area contributed by atoms with Crippen molar-refractivity contribution in [3.05, 3.63) is 23.5 Å². The van der Waals surface area contributed by atoms with Crippen molar-refractivity contribution in [3.8, 4) is 0 Å². The van der Waals surface area contributed by atoms with Crippen molar-refractivity contribution in [2.24, 2.45) is 5.92 Å². The van der Waals surface area contributed by atoms with Gasteiger partial charge in [-0.25, -0.2) is 4.79 Å². The van der Waals surface area contributed by atoms with Crippen molar-refractivity contribution in [2.75, 3.05) is 24.5 Å². The quantitative estimate of drug-likeness (QED) is 0.800. The molecule has 1 aromatic heterocycles. The molecule has 1 amide bonds. The second-order valence-electron chi connectivity index (χ2n) is 6.73. The number of carbonyl (C=O) groups excluding carboxylic acids is 1. The first kappa shape index (κ1) is 14.4. The van der Waals surface area contributed by atoms with Gasteiger partial charge in [0.15, 0.2) is 0 Å². The summed E-state index contributed by atoms with van der Waals surface area (Å²) in [5.74, 6) is 0.511. The number of hydrogen-bond acceptors (Lipinski definition) is 4. The average molecular weight is 310 g/mol. The zero-order valence-corrected chi connectivity index (χ0v) is 13.3. The van der Waals surface area contributed by atoms with E-state index in [1.807, 2.05) is 37.9 Å². The predicted octanol–water partition coefficient (Wildman–Crippen LogP) is 2.79. The number of carbonyl (C=O) groups is 1. The molecule has 0 spiro atoms. The second-order valence-corrected chi connectivity index (χ2v) is 7.16. The van der Waals surface area contributed by atoms with Gasteiger partial charge in [0.2, 0.25) is 0 Å². The lowest BCUT2D eigenvalue weighted by molar-refractivity contribution is -0.0163. The van der Waals surface area contributed by atoms with E-state index in [4.69, 9.17) is 16.3 Å². The van der Waals surface area contributed by atoms with Gasteiger partial charge in [0.1, 0.15) is 5.60 Å². The lowest BCUT2D eigenvalue weighted by Crippen LogP contribution is -2.59. The van der Waals surface area contributed by atoms with E-state index in [2.05, 4.69) is 9.88 Å². The van der Waals surface area contributed by atoms with Crippen LogP contribution in [0.5, 0.6) is 0 Å². The first-order chi connectivity index (χ1) is 9.83. The highest BCUT2D eigenvalue weighted by atomic mass is 35.5. The van der Waals surface area contributed by atoms with Gasteiger partial charge < -0.3 is 14.5 Å². The summed E-state index contributed by atoms with van der Waals surface area (Å²) in [5, 5.41) is 0.635. The number of rotatable bonds is 1. The molecule has 6 heteroatoms. The number of nitrogens with zero attached hydrogens (tertiary/aromatic N) is 3. The maximum Gasteiger partial charge on any atom is 0.410 e. The summed E-state index contributed by atoms with van der Waals surface area (Å²) in [7, 11) is 0. The fraction of sp³-hybridized carbons (Fsp3) is 0.600. The number of hydrogen-bond donors (Lipinski definition) is 0. The Morgan fingerprint density at radius 2 is 2.10 bits per heavy atom. The number of pyridine rings is 1. The van der Waals surface area contributed by atoms with Gasteiger partial charge in [0.05, 0.1) is 22.9 Å². The van der Waals surface area contributed by atoms with Crippen molar-refractivity contribution >= 4 is 23.4 Å². The van der Waals surface area contributed by atoms with Gasteiger partial charge in [0, 0.05) is 31.7 Å². The van der Waals surface area contributed by atoms with Crippen LogP contribution in [0.1, 0.15) is 20.8 Å². The van der Waals surface area contributed by atoms with E-state index in [9.17, 15) is 4.79 Å². The maximum absolute atomic E-state index is 12.1. The van der Waals surface area contributed by atoms with Crippen LogP contribution in [0.15, 0.2) is 18.5 Å². The fourth-order valence-corrected chi connectivity index (χ4v) is 3.12. The minimum absolute atomic E-state index is 0.213. The third kappa shape index (κ3) is 2.93. The molecule has 0 aliphatic carbocycles. The van der Waals surface area contributed by atoms with Gasteiger partial charge in [-0.1, -0.05) is 11.6 Å². The van der Waals surface area contributed by atoms with Crippen LogP contribution in [0.4, 0.5) is 10.5 Å². The molecule has 2 saturated heterocycles. The SMILES string of the molecule is CC(C)(C)OC(=O)N1C[C@H]2CN(c3cncc(Cl)c3)C[C@H]21. The Hall–Kier alpha value is -1.49. The first-order valence-electron chi connectivity index (χ1n) is 7.18. The molecule has 0 bridgehead atoms. The Balaban J connectivity index is 1.64. The molecule has 21 heavy (non-hydrogen) atoms. The van der Waals surface area contributed by atoms with E-state index in [0.29, 0.717) is 10.9 Å². The highest BCUT2D eigenvalue weighted by molar-refractivity contribution is 6.30. The predicted molar refractivity (Wildman–Crippen MR) is 81.7 cm³/mol. The monoisotopic (exact) mass is 309 g/mol. The maximum atomic E-state index is 12.1. The molecule has 0 aromatic carbocycles. The summed E-state index contributed by atoms with van der Waals surface area (Å²) in [6.45, 7) is 8.18. The normalized spacial score (nSPS) is 24.6. The van der Waals surface area contributed by atoms with Crippen LogP contribution in [-0.4, -0.2) is 47.3 Å². The van der Waals surface area contributed by atoms with Crippen LogP contribution in [0.25, 0.3) is 0 Å². The molecule has 0 unspecified atom stereocenters. The molecular formula is C15H20ClN3O2. The number of amides is 1. The molecule has 2 atom stereocenters. The van der Waals surface area contributed by atoms with Gasteiger partial charge in [-0.3, -0.25) is 4.98 Å². The second kappa shape index (κ2) is 5.05. The zero-order chi connectivity index (χ0) is 15.2. The van der Waals surface area contributed by atoms with Crippen molar-refractivity contribution in [2.45, 2.75) is 32.4 Å². The van der Waals surface area contributed by atoms with Gasteiger partial charge in [0.25, 0.3) is 0 Å². The molecule has 0 N–H and O–H groups in total. The molecule has 2 aliphatic rings. The summed E-state index contributed by atoms with van der Waals surface area (Å²) >= 11 is 5.99. The van der Waals surface area contributed by atoms with Gasteiger partial charge >= 0.3 is 6.09 Å². The molecule has 1 aromatic rings. The van der Waals surface area contributed by atoms with Crippen molar-refractivity contribution in [1.29, 1.82) is 0 Å². The van der Waals surface area contributed by atoms with E-state index >= 15 is 0 Å². The first-order valence-corrected chi connectivity index (χ1v) is 7.56. The summed E-state index contributed by atoms with van der Waals surface area (Å²) in [4.78, 5) is 20.3. The van der Waals surface area contributed by atoms with Crippen molar-refractivity contribution in [1.82, 2.24) is 9.88 Å². The van der Waals surface area contributed by atoms with Crippen LogP contribution < -0.4 is 4.90 Å². The molecule has 114 valence electrons. The van der Waals surface area contributed by atoms with Crippen molar-refractivity contribution < 1.29 is 9.53 Å². The number of halogens is 1. The fourth-order valence-electron chi connectivity index (χ4n) is 2.95. The van der Waals surface area contributed by atoms with E-state index in [-0.39, 0.29) is 12.1 Å². The highest BCUT2D eigenvalue weighted by Crippen LogP contribution is 2.36. The molecule has 3 heterocycles. The van der Waals surface area contributed by atoms with Crippen LogP contribution in [0, 0.1) is 5.92 Å². The van der Waals surface area contributed by atoms with Crippen LogP contribution in [0.3, 0.4) is 0 Å². The topological polar surface area (TPSA) is 45.7 Å². The van der Waals surface area contributed by atoms with Crippen LogP contribution in [-0.2, 0) is 4.74 Å². The Morgan fingerprint density at radius 3 is 2.76 bits per heavy atom. The summed E-state index contributed by atoms with van der Waals surface area (Å²) in [5.41, 5.74) is 0.568. The summed E-state index contributed by atoms with van der Waals surface area (Å²) in [6, 6.07) is 2.15. The third-order valence-corrected chi connectivity index (χ3v) is 4.13. The van der Waals surface area contributed by atoms with Crippen LogP contribution in [0.2, 0.25) is 5.02 Å². The summed E-state index contributed by atoms with van der Waals surface area (Å²) < 4.78 is 5.44. The van der Waals surface area contributed by atoms with Gasteiger partial charge in [-0.15, -0.1) is 0 Å². The molecule has 5 nitrogen and oxygen atoms in total. The van der Waals surface area contributed by atoms with Gasteiger partial charge in [-0.05, 0) is 26.8 Å². The zero-order valence-electron chi connectivity index (χ0n) is 12.5. The standard InChI is InChI=1S/C15H20ClN3O2/c1-15(2,3)21-14(20)19-8-10-7-18(9-13(10)19)12-4-11(16)5-17-6-12/h4-6,10,13H,7-9H2,1-3H3/t10-,13-/m1/s1. The molecule has 0 radical (unpaired) electrons. The Kier molecular flexibility index (Phi) is 3.48. The van der Waals surface area contributed by atoms with Crippen molar-refractivity contribution in [3.63, 3.8) is 0 Å². The third-order valence-electron chi connectivity index (χ3n) is 3.92. The molecule has 3 rings (SSSR count). The average Bonchev–Trinajstić information content (AvgIpc) is 2.65. The number of fused-ring (bicyclic) bond motifs is 1. The number of anilines is 1. The Labute approximate surface area is 129 Å². The lowest BCUT2D eigenvalue weighted by Gasteiger charge is -2.43. The summed E-state index contributed by atoms with van der Waals surface area (Å²) in [6.07, 6.45) is 3.23. The molecular weight excluding hydrogens is 290 g/mol. The van der Waals surface area contributed by atoms with E-state index < -0.39 is 5.60 Å². The Bertz CT molecular complexity index is 558. The molecule has 2 aliphatic heterocycles. The number of likely N-dealkylation sites (tertiary alicyclic amines) is 1. The highest BCUT2D eigenvalue weighted by Gasteiger charge is 2.49. The number of aromatic nitrogens is 1. The lowest BCUT2D eigenvalue weighted by atomic mass is 9.93. The van der Waals surface area contributed by atoms with Crippen LogP contribution >= 0.6 is 11.6 Å². The minimum Gasteiger partial charge on any atom is -0.444 e. The largest absolute Gasteiger partial charge is 0.444 e. The van der Waals surface area contributed by atoms with E-state index in [1.165, 1.54) is 0 Å². The number of ether oxygens (including phenoxy) is 1. The Morgan fingerprint density at radius 1 is 1.33 bits per heavy atom. The molecule has 0 saturated carbocycles. The molecule has 2 fully saturated rings. The van der Waals surface area contributed by atoms with E-state index in [1.54, 1.807) is 6.20 Å². The minimum atomic E-state index is -0.447.